The number of rotatable bonds is 4. The fraction of sp³-hybridized carbons (Fsp3) is 0.550. The second-order valence-corrected chi connectivity index (χ2v) is 7.12. The lowest BCUT2D eigenvalue weighted by molar-refractivity contribution is -0.127. The largest absolute Gasteiger partial charge is 0.378 e. The molecule has 4 nitrogen and oxygen atoms in total. The standard InChI is InChI=1S/C20H29N3O/c1-21(2)18-10-7-17(8-11-18)9-12-20(24)23-15-13-22(14-16-23)19-5-3-4-6-19/h7-12,19H,3-6,13-16H2,1-2H3/b12-9-. The molecule has 3 rings (SSSR count). The molecule has 0 aromatic heterocycles. The number of carbonyl (C=O) groups is 1. The first-order valence-electron chi connectivity index (χ1n) is 9.12. The van der Waals surface area contributed by atoms with E-state index < -0.39 is 0 Å². The molecule has 24 heavy (non-hydrogen) atoms. The minimum atomic E-state index is 0.137. The molecule has 1 heterocycles. The van der Waals surface area contributed by atoms with Crippen molar-refractivity contribution in [1.29, 1.82) is 0 Å². The fourth-order valence-electron chi connectivity index (χ4n) is 3.73. The van der Waals surface area contributed by atoms with Crippen molar-refractivity contribution in [3.8, 4) is 0 Å². The summed E-state index contributed by atoms with van der Waals surface area (Å²) in [6.45, 7) is 3.78. The van der Waals surface area contributed by atoms with Gasteiger partial charge in [-0.2, -0.15) is 0 Å². The van der Waals surface area contributed by atoms with Gasteiger partial charge in [-0.1, -0.05) is 25.0 Å². The smallest absolute Gasteiger partial charge is 0.246 e. The summed E-state index contributed by atoms with van der Waals surface area (Å²) in [6, 6.07) is 9.02. The lowest BCUT2D eigenvalue weighted by Crippen LogP contribution is -2.51. The van der Waals surface area contributed by atoms with Gasteiger partial charge in [0, 0.05) is 58.1 Å². The topological polar surface area (TPSA) is 26.8 Å². The number of amides is 1. The molecule has 1 saturated heterocycles. The monoisotopic (exact) mass is 327 g/mol. The molecular weight excluding hydrogens is 298 g/mol. The van der Waals surface area contributed by atoms with Crippen LogP contribution in [0.3, 0.4) is 0 Å². The Labute approximate surface area is 145 Å². The van der Waals surface area contributed by atoms with Crippen LogP contribution in [-0.2, 0) is 4.79 Å². The highest BCUT2D eigenvalue weighted by Crippen LogP contribution is 2.24. The first-order valence-corrected chi connectivity index (χ1v) is 9.12. The zero-order chi connectivity index (χ0) is 16.9. The maximum absolute atomic E-state index is 12.4. The van der Waals surface area contributed by atoms with Gasteiger partial charge in [0.1, 0.15) is 0 Å². The average molecular weight is 327 g/mol. The molecule has 2 fully saturated rings. The highest BCUT2D eigenvalue weighted by molar-refractivity contribution is 5.91. The van der Waals surface area contributed by atoms with Gasteiger partial charge in [-0.25, -0.2) is 0 Å². The van der Waals surface area contributed by atoms with Crippen LogP contribution in [0.1, 0.15) is 31.2 Å². The summed E-state index contributed by atoms with van der Waals surface area (Å²) in [4.78, 5) is 19.0. The Hall–Kier alpha value is -1.81. The predicted molar refractivity (Wildman–Crippen MR) is 100 cm³/mol. The molecule has 4 heteroatoms. The lowest BCUT2D eigenvalue weighted by Gasteiger charge is -2.37. The molecule has 0 bridgehead atoms. The van der Waals surface area contributed by atoms with Crippen LogP contribution in [-0.4, -0.2) is 62.0 Å². The predicted octanol–water partition coefficient (Wildman–Crippen LogP) is 2.85. The number of hydrogen-bond donors (Lipinski definition) is 0. The van der Waals surface area contributed by atoms with Crippen molar-refractivity contribution >= 4 is 17.7 Å². The van der Waals surface area contributed by atoms with E-state index in [0.717, 1.165) is 37.8 Å². The van der Waals surface area contributed by atoms with Crippen LogP contribution in [0.25, 0.3) is 6.08 Å². The molecule has 1 aromatic rings. The second kappa shape index (κ2) is 7.84. The molecule has 0 N–H and O–H groups in total. The zero-order valence-corrected chi connectivity index (χ0v) is 14.9. The molecule has 0 atom stereocenters. The average Bonchev–Trinajstić information content (AvgIpc) is 3.15. The normalized spacial score (nSPS) is 20.0. The SMILES string of the molecule is CN(C)c1ccc(/C=C\C(=O)N2CCN(C3CCCC3)CC2)cc1. The number of hydrogen-bond acceptors (Lipinski definition) is 3. The van der Waals surface area contributed by atoms with Gasteiger partial charge in [0.05, 0.1) is 0 Å². The van der Waals surface area contributed by atoms with Gasteiger partial charge >= 0.3 is 0 Å². The van der Waals surface area contributed by atoms with E-state index in [4.69, 9.17) is 0 Å². The van der Waals surface area contributed by atoms with Crippen LogP contribution < -0.4 is 4.90 Å². The third kappa shape index (κ3) is 4.18. The number of anilines is 1. The fourth-order valence-corrected chi connectivity index (χ4v) is 3.73. The van der Waals surface area contributed by atoms with E-state index in [1.165, 1.54) is 31.4 Å². The van der Waals surface area contributed by atoms with E-state index in [1.54, 1.807) is 6.08 Å². The molecule has 1 amide bonds. The van der Waals surface area contributed by atoms with Crippen molar-refractivity contribution < 1.29 is 4.79 Å². The van der Waals surface area contributed by atoms with E-state index in [9.17, 15) is 4.79 Å². The first kappa shape index (κ1) is 17.0. The van der Waals surface area contributed by atoms with Gasteiger partial charge in [0.15, 0.2) is 0 Å². The van der Waals surface area contributed by atoms with Gasteiger partial charge in [-0.3, -0.25) is 9.69 Å². The molecule has 0 unspecified atom stereocenters. The van der Waals surface area contributed by atoms with Crippen molar-refractivity contribution in [2.45, 2.75) is 31.7 Å². The van der Waals surface area contributed by atoms with E-state index in [-0.39, 0.29) is 5.91 Å². The van der Waals surface area contributed by atoms with Crippen LogP contribution in [0, 0.1) is 0 Å². The second-order valence-electron chi connectivity index (χ2n) is 7.12. The molecule has 0 radical (unpaired) electrons. The maximum Gasteiger partial charge on any atom is 0.246 e. The minimum Gasteiger partial charge on any atom is -0.378 e. The molecule has 1 aliphatic carbocycles. The summed E-state index contributed by atoms with van der Waals surface area (Å²) < 4.78 is 0. The Kier molecular flexibility index (Phi) is 5.56. The van der Waals surface area contributed by atoms with Crippen LogP contribution >= 0.6 is 0 Å². The van der Waals surface area contributed by atoms with E-state index >= 15 is 0 Å². The highest BCUT2D eigenvalue weighted by Gasteiger charge is 2.27. The molecule has 0 spiro atoms. The number of piperazine rings is 1. The quantitative estimate of drug-likeness (QED) is 0.796. The molecule has 1 aromatic carbocycles. The minimum absolute atomic E-state index is 0.137. The van der Waals surface area contributed by atoms with Gasteiger partial charge < -0.3 is 9.80 Å². The van der Waals surface area contributed by atoms with Crippen molar-refractivity contribution in [3.63, 3.8) is 0 Å². The Morgan fingerprint density at radius 3 is 2.25 bits per heavy atom. The molecular formula is C20H29N3O. The Bertz CT molecular complexity index is 565. The number of nitrogens with zero attached hydrogens (tertiary/aromatic N) is 3. The number of carbonyl (C=O) groups excluding carboxylic acids is 1. The van der Waals surface area contributed by atoms with Crippen LogP contribution in [0.15, 0.2) is 30.3 Å². The number of benzene rings is 1. The van der Waals surface area contributed by atoms with Gasteiger partial charge in [0.2, 0.25) is 5.91 Å². The van der Waals surface area contributed by atoms with Gasteiger partial charge in [-0.05, 0) is 36.6 Å². The summed E-state index contributed by atoms with van der Waals surface area (Å²) in [6.07, 6.45) is 9.08. The van der Waals surface area contributed by atoms with E-state index in [1.807, 2.05) is 25.1 Å². The summed E-state index contributed by atoms with van der Waals surface area (Å²) >= 11 is 0. The first-order chi connectivity index (χ1) is 11.6. The zero-order valence-electron chi connectivity index (χ0n) is 14.9. The Morgan fingerprint density at radius 2 is 1.67 bits per heavy atom. The van der Waals surface area contributed by atoms with Gasteiger partial charge in [-0.15, -0.1) is 0 Å². The molecule has 130 valence electrons. The van der Waals surface area contributed by atoms with Crippen molar-refractivity contribution in [2.24, 2.45) is 0 Å². The maximum atomic E-state index is 12.4. The summed E-state index contributed by atoms with van der Waals surface area (Å²) in [5, 5.41) is 0. The van der Waals surface area contributed by atoms with Crippen LogP contribution in [0.4, 0.5) is 5.69 Å². The molecule has 2 aliphatic rings. The van der Waals surface area contributed by atoms with Crippen LogP contribution in [0.5, 0.6) is 0 Å². The van der Waals surface area contributed by atoms with Crippen molar-refractivity contribution in [2.75, 3.05) is 45.2 Å². The lowest BCUT2D eigenvalue weighted by atomic mass is 10.1. The van der Waals surface area contributed by atoms with Crippen LogP contribution in [0.2, 0.25) is 0 Å². The summed E-state index contributed by atoms with van der Waals surface area (Å²) in [5.74, 6) is 0.137. The Balaban J connectivity index is 1.50. The van der Waals surface area contributed by atoms with E-state index in [2.05, 4.69) is 34.1 Å². The van der Waals surface area contributed by atoms with Crippen molar-refractivity contribution in [3.05, 3.63) is 35.9 Å². The van der Waals surface area contributed by atoms with E-state index in [0.29, 0.717) is 0 Å². The third-order valence-corrected chi connectivity index (χ3v) is 5.29. The summed E-state index contributed by atoms with van der Waals surface area (Å²) in [5.41, 5.74) is 2.24. The third-order valence-electron chi connectivity index (χ3n) is 5.29. The highest BCUT2D eigenvalue weighted by atomic mass is 16.2. The molecule has 1 saturated carbocycles. The molecule has 1 aliphatic heterocycles. The van der Waals surface area contributed by atoms with Crippen molar-refractivity contribution in [1.82, 2.24) is 9.80 Å². The van der Waals surface area contributed by atoms with Gasteiger partial charge in [0.25, 0.3) is 0 Å². The Morgan fingerprint density at radius 1 is 1.04 bits per heavy atom. The summed E-state index contributed by atoms with van der Waals surface area (Å²) in [7, 11) is 4.05.